The number of ether oxygens (including phenoxy) is 1. The van der Waals surface area contributed by atoms with Gasteiger partial charge in [0.15, 0.2) is 11.6 Å². The minimum absolute atomic E-state index is 0.0192. The monoisotopic (exact) mass is 641 g/mol. The molecule has 3 fully saturated rings. The number of amides is 2. The van der Waals surface area contributed by atoms with Gasteiger partial charge < -0.3 is 9.84 Å². The summed E-state index contributed by atoms with van der Waals surface area (Å²) in [6, 6.07) is 23.5. The molecule has 6 unspecified atom stereocenters. The molecule has 0 bridgehead atoms. The van der Waals surface area contributed by atoms with Crippen LogP contribution in [0.15, 0.2) is 96.6 Å². The van der Waals surface area contributed by atoms with Crippen molar-refractivity contribution in [2.24, 2.45) is 23.7 Å². The van der Waals surface area contributed by atoms with Gasteiger partial charge in [-0.15, -0.1) is 0 Å². The number of likely N-dealkylation sites (tertiary alicyclic amines) is 1. The predicted molar refractivity (Wildman–Crippen MR) is 180 cm³/mol. The van der Waals surface area contributed by atoms with Crippen molar-refractivity contribution in [1.29, 1.82) is 0 Å². The molecule has 2 saturated carbocycles. The van der Waals surface area contributed by atoms with Gasteiger partial charge in [-0.05, 0) is 67.0 Å². The molecule has 0 aromatic heterocycles. The van der Waals surface area contributed by atoms with Crippen LogP contribution in [0.1, 0.15) is 67.6 Å². The Labute approximate surface area is 280 Å². The zero-order chi connectivity index (χ0) is 33.2. The molecule has 7 nitrogen and oxygen atoms in total. The van der Waals surface area contributed by atoms with Crippen LogP contribution in [-0.4, -0.2) is 46.5 Å². The maximum atomic E-state index is 15.1. The Hall–Kier alpha value is -4.78. The van der Waals surface area contributed by atoms with Gasteiger partial charge in [0.1, 0.15) is 11.5 Å². The second kappa shape index (κ2) is 11.7. The van der Waals surface area contributed by atoms with Gasteiger partial charge in [-0.1, -0.05) is 91.6 Å². The van der Waals surface area contributed by atoms with Crippen molar-refractivity contribution < 1.29 is 29.0 Å². The van der Waals surface area contributed by atoms with Crippen molar-refractivity contribution in [3.63, 3.8) is 0 Å². The minimum atomic E-state index is -1.40. The second-order valence-corrected chi connectivity index (χ2v) is 14.1. The Morgan fingerprint density at radius 3 is 2.25 bits per heavy atom. The fourth-order valence-corrected chi connectivity index (χ4v) is 9.83. The van der Waals surface area contributed by atoms with E-state index in [1.807, 2.05) is 66.7 Å². The van der Waals surface area contributed by atoms with E-state index in [9.17, 15) is 14.7 Å². The van der Waals surface area contributed by atoms with Crippen LogP contribution in [0.2, 0.25) is 0 Å². The number of imide groups is 1. The van der Waals surface area contributed by atoms with E-state index in [4.69, 9.17) is 4.74 Å². The molecule has 1 aliphatic heterocycles. The maximum Gasteiger partial charge on any atom is 0.233 e. The summed E-state index contributed by atoms with van der Waals surface area (Å²) in [5.41, 5.74) is 1.60. The van der Waals surface area contributed by atoms with Crippen molar-refractivity contribution in [2.75, 3.05) is 7.11 Å². The van der Waals surface area contributed by atoms with Gasteiger partial charge in [0.2, 0.25) is 11.8 Å². The molecule has 3 aromatic carbocycles. The fourth-order valence-electron chi connectivity index (χ4n) is 9.83. The SMILES string of the molecule is COc1ccc(O)c(C2C3=CCC4C(=O)N(C5CCCCC5)C(=O)C4C3CC3C(=O)C(c4ccccc4)=CC(=O)C32c2ccccc2)c1. The van der Waals surface area contributed by atoms with Gasteiger partial charge in [-0.3, -0.25) is 24.1 Å². The topological polar surface area (TPSA) is 101 Å². The summed E-state index contributed by atoms with van der Waals surface area (Å²) in [4.78, 5) is 60.2. The number of benzene rings is 3. The largest absolute Gasteiger partial charge is 0.508 e. The van der Waals surface area contributed by atoms with E-state index in [0.717, 1.165) is 37.7 Å². The second-order valence-electron chi connectivity index (χ2n) is 14.1. The highest BCUT2D eigenvalue weighted by atomic mass is 16.5. The first-order chi connectivity index (χ1) is 23.4. The lowest BCUT2D eigenvalue weighted by atomic mass is 9.44. The van der Waals surface area contributed by atoms with Crippen LogP contribution in [0.3, 0.4) is 0 Å². The van der Waals surface area contributed by atoms with Crippen molar-refractivity contribution in [1.82, 2.24) is 4.90 Å². The maximum absolute atomic E-state index is 15.1. The molecule has 0 spiro atoms. The number of fused-ring (bicyclic) bond motifs is 4. The lowest BCUT2D eigenvalue weighted by Gasteiger charge is -2.55. The van der Waals surface area contributed by atoms with Gasteiger partial charge in [0.05, 0.1) is 24.4 Å². The number of rotatable bonds is 5. The van der Waals surface area contributed by atoms with Gasteiger partial charge >= 0.3 is 0 Å². The van der Waals surface area contributed by atoms with E-state index < -0.39 is 35.0 Å². The minimum Gasteiger partial charge on any atom is -0.508 e. The first-order valence-electron chi connectivity index (χ1n) is 17.2. The lowest BCUT2D eigenvalue weighted by Crippen LogP contribution is -2.58. The van der Waals surface area contributed by atoms with Crippen molar-refractivity contribution in [3.05, 3.63) is 113 Å². The normalized spacial score (nSPS) is 30.3. The standard InChI is InChI=1S/C41H39NO6/c1-48-27-17-20-34(43)32(21-27)37-28-18-19-29-36(40(47)42(39(29)46)26-15-9-4-10-16-26)31(28)22-33-38(45)30(24-11-5-2-6-12-24)23-35(44)41(33,37)25-13-7-3-8-14-25/h2-3,5-8,11-14,17-18,20-21,23,26,29,31,33,36-37,43H,4,9-10,15-16,19,22H2,1H3. The van der Waals surface area contributed by atoms with Crippen LogP contribution in [0.25, 0.3) is 5.57 Å². The van der Waals surface area contributed by atoms with E-state index >= 15 is 9.59 Å². The Morgan fingerprint density at radius 2 is 1.54 bits per heavy atom. The molecule has 2 amide bonds. The third-order valence-electron chi connectivity index (χ3n) is 11.9. The van der Waals surface area contributed by atoms with Crippen LogP contribution in [-0.2, 0) is 24.6 Å². The number of carbonyl (C=O) groups is 4. The quantitative estimate of drug-likeness (QED) is 0.250. The van der Waals surface area contributed by atoms with Gasteiger partial charge in [-0.2, -0.15) is 0 Å². The van der Waals surface area contributed by atoms with Crippen molar-refractivity contribution in [2.45, 2.75) is 62.3 Å². The highest BCUT2D eigenvalue weighted by Gasteiger charge is 2.66. The van der Waals surface area contributed by atoms with E-state index in [1.165, 1.54) is 6.08 Å². The number of ketones is 2. The van der Waals surface area contributed by atoms with Gasteiger partial charge in [-0.25, -0.2) is 0 Å². The van der Waals surface area contributed by atoms with Gasteiger partial charge in [0, 0.05) is 29.0 Å². The number of nitrogens with zero attached hydrogens (tertiary/aromatic N) is 1. The van der Waals surface area contributed by atoms with Crippen molar-refractivity contribution in [3.8, 4) is 11.5 Å². The first kappa shape index (κ1) is 30.5. The summed E-state index contributed by atoms with van der Waals surface area (Å²) >= 11 is 0. The third-order valence-corrected chi connectivity index (χ3v) is 11.9. The van der Waals surface area contributed by atoms with E-state index in [0.29, 0.717) is 34.4 Å². The molecule has 5 aliphatic rings. The summed E-state index contributed by atoms with van der Waals surface area (Å²) in [6.45, 7) is 0. The van der Waals surface area contributed by atoms with E-state index in [1.54, 1.807) is 30.2 Å². The molecule has 1 saturated heterocycles. The number of aromatic hydroxyl groups is 1. The zero-order valence-electron chi connectivity index (χ0n) is 27.0. The van der Waals surface area contributed by atoms with Crippen LogP contribution >= 0.6 is 0 Å². The van der Waals surface area contributed by atoms with Crippen LogP contribution < -0.4 is 4.74 Å². The Balaban J connectivity index is 1.36. The summed E-state index contributed by atoms with van der Waals surface area (Å²) in [7, 11) is 1.55. The molecule has 7 heteroatoms. The van der Waals surface area contributed by atoms with Crippen molar-refractivity contribution >= 4 is 29.0 Å². The molecule has 6 atom stereocenters. The Kier molecular flexibility index (Phi) is 7.46. The van der Waals surface area contributed by atoms with Crippen LogP contribution in [0.5, 0.6) is 11.5 Å². The van der Waals surface area contributed by atoms with E-state index in [-0.39, 0.29) is 41.6 Å². The highest BCUT2D eigenvalue weighted by Crippen LogP contribution is 2.64. The molecule has 244 valence electrons. The average Bonchev–Trinajstić information content (AvgIpc) is 3.39. The number of Topliss-reactive ketones (excluding diaryl/α,β-unsaturated/α-hetero) is 1. The van der Waals surface area contributed by atoms with Crippen LogP contribution in [0.4, 0.5) is 0 Å². The Morgan fingerprint density at radius 1 is 0.833 bits per heavy atom. The molecule has 1 N–H and O–H groups in total. The first-order valence-corrected chi connectivity index (χ1v) is 17.2. The molecule has 1 heterocycles. The molecule has 0 radical (unpaired) electrons. The van der Waals surface area contributed by atoms with Gasteiger partial charge in [0.25, 0.3) is 0 Å². The molecular weight excluding hydrogens is 602 g/mol. The molecule has 48 heavy (non-hydrogen) atoms. The Bertz CT molecular complexity index is 1870. The lowest BCUT2D eigenvalue weighted by molar-refractivity contribution is -0.144. The van der Waals surface area contributed by atoms with Crippen LogP contribution in [0, 0.1) is 23.7 Å². The summed E-state index contributed by atoms with van der Waals surface area (Å²) in [5.74, 6) is -3.38. The number of allylic oxidation sites excluding steroid dienone is 4. The molecule has 3 aromatic rings. The number of phenolic OH excluding ortho intramolecular Hbond substituents is 1. The zero-order valence-corrected chi connectivity index (χ0v) is 27.0. The fraction of sp³-hybridized carbons (Fsp3) is 0.366. The predicted octanol–water partition coefficient (Wildman–Crippen LogP) is 6.56. The summed E-state index contributed by atoms with van der Waals surface area (Å²) < 4.78 is 5.62. The third kappa shape index (κ3) is 4.39. The summed E-state index contributed by atoms with van der Waals surface area (Å²) in [6.07, 6.45) is 8.88. The number of hydrogen-bond acceptors (Lipinski definition) is 6. The summed E-state index contributed by atoms with van der Waals surface area (Å²) in [5, 5.41) is 11.6. The highest BCUT2D eigenvalue weighted by molar-refractivity contribution is 6.31. The molecule has 4 aliphatic carbocycles. The number of methoxy groups -OCH3 is 1. The number of phenols is 1. The average molecular weight is 642 g/mol. The van der Waals surface area contributed by atoms with E-state index in [2.05, 4.69) is 0 Å². The molecular formula is C41H39NO6. The number of carbonyl (C=O) groups excluding carboxylic acids is 4. The smallest absolute Gasteiger partial charge is 0.233 e. The molecule has 8 rings (SSSR count). The number of hydrogen-bond donors (Lipinski definition) is 1.